The summed E-state index contributed by atoms with van der Waals surface area (Å²) < 4.78 is 0. The van der Waals surface area contributed by atoms with Gasteiger partial charge in [0, 0.05) is 5.57 Å². The van der Waals surface area contributed by atoms with Gasteiger partial charge in [0.2, 0.25) is 0 Å². The van der Waals surface area contributed by atoms with Crippen molar-refractivity contribution in [2.24, 2.45) is 0 Å². The van der Waals surface area contributed by atoms with Gasteiger partial charge in [0.15, 0.2) is 0 Å². The second-order valence-electron chi connectivity index (χ2n) is 1.77. The Morgan fingerprint density at radius 2 is 2.50 bits per heavy atom. The fraction of sp³-hybridized carbons (Fsp3) is 0.286. The SMILES string of the molecule is N#CC1=CC=CCC1. The van der Waals surface area contributed by atoms with Gasteiger partial charge < -0.3 is 0 Å². The molecule has 8 heavy (non-hydrogen) atoms. The van der Waals surface area contributed by atoms with E-state index in [0.717, 1.165) is 18.4 Å². The highest BCUT2D eigenvalue weighted by Crippen LogP contribution is 2.09. The van der Waals surface area contributed by atoms with E-state index in [1.54, 1.807) is 0 Å². The molecule has 1 heteroatoms. The lowest BCUT2D eigenvalue weighted by Crippen LogP contribution is -1.81. The lowest BCUT2D eigenvalue weighted by atomic mass is 10.1. The Hall–Kier alpha value is -1.03. The molecule has 0 N–H and O–H groups in total. The number of nitriles is 1. The molecule has 0 bridgehead atoms. The van der Waals surface area contributed by atoms with Crippen molar-refractivity contribution in [2.45, 2.75) is 12.8 Å². The van der Waals surface area contributed by atoms with Gasteiger partial charge in [-0.3, -0.25) is 0 Å². The minimum atomic E-state index is 0.896. The topological polar surface area (TPSA) is 23.8 Å². The summed E-state index contributed by atoms with van der Waals surface area (Å²) in [5.41, 5.74) is 0.896. The van der Waals surface area contributed by atoms with Gasteiger partial charge in [0.25, 0.3) is 0 Å². The summed E-state index contributed by atoms with van der Waals surface area (Å²) in [4.78, 5) is 0. The Labute approximate surface area is 48.9 Å². The Kier molecular flexibility index (Phi) is 1.48. The molecule has 1 aliphatic carbocycles. The molecular formula is C7H7N. The highest BCUT2D eigenvalue weighted by atomic mass is 14.2. The van der Waals surface area contributed by atoms with Crippen LogP contribution >= 0.6 is 0 Å². The van der Waals surface area contributed by atoms with Crippen LogP contribution in [0, 0.1) is 11.3 Å². The molecule has 1 aliphatic rings. The van der Waals surface area contributed by atoms with Crippen molar-refractivity contribution in [1.82, 2.24) is 0 Å². The van der Waals surface area contributed by atoms with Crippen LogP contribution in [-0.4, -0.2) is 0 Å². The zero-order valence-corrected chi connectivity index (χ0v) is 4.59. The molecule has 40 valence electrons. The largest absolute Gasteiger partial charge is 0.193 e. The van der Waals surface area contributed by atoms with E-state index in [2.05, 4.69) is 12.1 Å². The smallest absolute Gasteiger partial charge is 0.0947 e. The van der Waals surface area contributed by atoms with Crippen LogP contribution < -0.4 is 0 Å². The highest BCUT2D eigenvalue weighted by Gasteiger charge is 1.94. The van der Waals surface area contributed by atoms with Crippen LogP contribution in [0.1, 0.15) is 12.8 Å². The van der Waals surface area contributed by atoms with Gasteiger partial charge >= 0.3 is 0 Å². The van der Waals surface area contributed by atoms with Crippen LogP contribution in [0.3, 0.4) is 0 Å². The van der Waals surface area contributed by atoms with Crippen LogP contribution in [0.2, 0.25) is 0 Å². The minimum absolute atomic E-state index is 0.896. The van der Waals surface area contributed by atoms with Crippen molar-refractivity contribution in [3.05, 3.63) is 23.8 Å². The maximum absolute atomic E-state index is 8.34. The summed E-state index contributed by atoms with van der Waals surface area (Å²) in [7, 11) is 0. The van der Waals surface area contributed by atoms with Gasteiger partial charge in [0.05, 0.1) is 6.07 Å². The van der Waals surface area contributed by atoms with E-state index in [1.165, 1.54) is 0 Å². The maximum Gasteiger partial charge on any atom is 0.0947 e. The molecule has 0 fully saturated rings. The predicted octanol–water partition coefficient (Wildman–Crippen LogP) is 1.79. The van der Waals surface area contributed by atoms with Crippen molar-refractivity contribution < 1.29 is 0 Å². The number of nitrogens with zero attached hydrogens (tertiary/aromatic N) is 1. The third kappa shape index (κ3) is 0.974. The number of rotatable bonds is 0. The van der Waals surface area contributed by atoms with Crippen LogP contribution in [0.15, 0.2) is 23.8 Å². The zero-order valence-electron chi connectivity index (χ0n) is 4.59. The Morgan fingerprint density at radius 3 is 2.88 bits per heavy atom. The van der Waals surface area contributed by atoms with E-state index in [9.17, 15) is 0 Å². The molecule has 0 saturated carbocycles. The van der Waals surface area contributed by atoms with E-state index in [4.69, 9.17) is 5.26 Å². The van der Waals surface area contributed by atoms with E-state index in [1.807, 2.05) is 12.2 Å². The minimum Gasteiger partial charge on any atom is -0.193 e. The third-order valence-electron chi connectivity index (χ3n) is 1.16. The summed E-state index contributed by atoms with van der Waals surface area (Å²) in [5.74, 6) is 0. The predicted molar refractivity (Wildman–Crippen MR) is 32.1 cm³/mol. The molecule has 0 amide bonds. The van der Waals surface area contributed by atoms with Crippen molar-refractivity contribution in [3.63, 3.8) is 0 Å². The summed E-state index contributed by atoms with van der Waals surface area (Å²) in [6.07, 6.45) is 7.82. The first-order valence-electron chi connectivity index (χ1n) is 2.69. The fourth-order valence-electron chi connectivity index (χ4n) is 0.696. The molecule has 0 aromatic rings. The second-order valence-corrected chi connectivity index (χ2v) is 1.77. The van der Waals surface area contributed by atoms with Crippen molar-refractivity contribution in [3.8, 4) is 6.07 Å². The summed E-state index contributed by atoms with van der Waals surface area (Å²) in [6.45, 7) is 0. The maximum atomic E-state index is 8.34. The Morgan fingerprint density at radius 1 is 1.62 bits per heavy atom. The first-order chi connectivity index (χ1) is 3.93. The molecule has 0 atom stereocenters. The normalized spacial score (nSPS) is 17.1. The van der Waals surface area contributed by atoms with Crippen molar-refractivity contribution in [1.29, 1.82) is 5.26 Å². The molecule has 0 aliphatic heterocycles. The number of hydrogen-bond acceptors (Lipinski definition) is 1. The Balaban J connectivity index is 2.67. The molecule has 0 radical (unpaired) electrons. The average Bonchev–Trinajstić information content (AvgIpc) is 1.90. The van der Waals surface area contributed by atoms with Gasteiger partial charge in [0.1, 0.15) is 0 Å². The van der Waals surface area contributed by atoms with Crippen LogP contribution in [0.25, 0.3) is 0 Å². The van der Waals surface area contributed by atoms with Gasteiger partial charge in [-0.15, -0.1) is 0 Å². The quantitative estimate of drug-likeness (QED) is 0.460. The molecule has 0 aromatic carbocycles. The lowest BCUT2D eigenvalue weighted by molar-refractivity contribution is 0.994. The highest BCUT2D eigenvalue weighted by molar-refractivity contribution is 5.28. The van der Waals surface area contributed by atoms with Crippen LogP contribution in [0.5, 0.6) is 0 Å². The van der Waals surface area contributed by atoms with Crippen LogP contribution in [0.4, 0.5) is 0 Å². The summed E-state index contributed by atoms with van der Waals surface area (Å²) in [6, 6.07) is 2.11. The van der Waals surface area contributed by atoms with E-state index in [-0.39, 0.29) is 0 Å². The number of hydrogen-bond donors (Lipinski definition) is 0. The van der Waals surface area contributed by atoms with E-state index >= 15 is 0 Å². The molecule has 0 aromatic heterocycles. The van der Waals surface area contributed by atoms with Crippen molar-refractivity contribution in [2.75, 3.05) is 0 Å². The molecule has 0 unspecified atom stereocenters. The standard InChI is InChI=1S/C7H7N/c8-6-7-4-2-1-3-5-7/h1-2,4H,3,5H2. The zero-order chi connectivity index (χ0) is 5.82. The fourth-order valence-corrected chi connectivity index (χ4v) is 0.696. The molecule has 1 nitrogen and oxygen atoms in total. The third-order valence-corrected chi connectivity index (χ3v) is 1.16. The summed E-state index contributed by atoms with van der Waals surface area (Å²) >= 11 is 0. The Bertz CT molecular complexity index is 169. The average molecular weight is 105 g/mol. The lowest BCUT2D eigenvalue weighted by Gasteiger charge is -1.96. The first-order valence-corrected chi connectivity index (χ1v) is 2.69. The molecule has 0 spiro atoms. The molecular weight excluding hydrogens is 98.1 g/mol. The van der Waals surface area contributed by atoms with Gasteiger partial charge in [-0.05, 0) is 18.9 Å². The number of allylic oxidation sites excluding steroid dienone is 4. The molecule has 0 saturated heterocycles. The van der Waals surface area contributed by atoms with Crippen LogP contribution in [-0.2, 0) is 0 Å². The van der Waals surface area contributed by atoms with Gasteiger partial charge in [-0.2, -0.15) is 5.26 Å². The van der Waals surface area contributed by atoms with Crippen molar-refractivity contribution >= 4 is 0 Å². The van der Waals surface area contributed by atoms with Gasteiger partial charge in [-0.1, -0.05) is 12.2 Å². The van der Waals surface area contributed by atoms with E-state index < -0.39 is 0 Å². The monoisotopic (exact) mass is 105 g/mol. The van der Waals surface area contributed by atoms with E-state index in [0.29, 0.717) is 0 Å². The first kappa shape index (κ1) is 5.11. The van der Waals surface area contributed by atoms with Gasteiger partial charge in [-0.25, -0.2) is 0 Å². The molecule has 1 rings (SSSR count). The summed E-state index contributed by atoms with van der Waals surface area (Å²) in [5, 5.41) is 8.34. The second kappa shape index (κ2) is 2.32. The molecule has 0 heterocycles.